The maximum Gasteiger partial charge on any atom is 0.335 e. The van der Waals surface area contributed by atoms with Gasteiger partial charge in [-0.25, -0.2) is 9.69 Å². The van der Waals surface area contributed by atoms with Crippen LogP contribution >= 0.6 is 0 Å². The number of carbonyl (C=O) groups excluding carboxylic acids is 3. The summed E-state index contributed by atoms with van der Waals surface area (Å²) < 4.78 is 10.4. The van der Waals surface area contributed by atoms with Gasteiger partial charge in [0, 0.05) is 6.21 Å². The molecule has 27 heavy (non-hydrogen) atoms. The van der Waals surface area contributed by atoms with Gasteiger partial charge in [0.25, 0.3) is 5.91 Å². The van der Waals surface area contributed by atoms with Crippen molar-refractivity contribution >= 4 is 35.4 Å². The van der Waals surface area contributed by atoms with Crippen molar-refractivity contribution in [1.82, 2.24) is 5.32 Å². The molecule has 1 fully saturated rings. The number of rotatable bonds is 5. The summed E-state index contributed by atoms with van der Waals surface area (Å²) >= 11 is 0. The molecule has 4 amide bonds. The largest absolute Gasteiger partial charge is 0.495 e. The van der Waals surface area contributed by atoms with Gasteiger partial charge in [-0.15, -0.1) is 0 Å². The summed E-state index contributed by atoms with van der Waals surface area (Å²) in [7, 11) is 2.92. The highest BCUT2D eigenvalue weighted by Gasteiger charge is 2.41. The molecule has 0 radical (unpaired) electrons. The lowest BCUT2D eigenvalue weighted by Crippen LogP contribution is -2.58. The van der Waals surface area contributed by atoms with Crippen LogP contribution in [-0.4, -0.2) is 38.3 Å². The van der Waals surface area contributed by atoms with Gasteiger partial charge in [0.2, 0.25) is 5.91 Å². The van der Waals surface area contributed by atoms with Crippen molar-refractivity contribution in [3.05, 3.63) is 48.5 Å². The summed E-state index contributed by atoms with van der Waals surface area (Å²) in [4.78, 5) is 42.4. The van der Waals surface area contributed by atoms with Gasteiger partial charge in [-0.05, 0) is 24.3 Å². The van der Waals surface area contributed by atoms with Crippen LogP contribution < -0.4 is 19.7 Å². The number of benzene rings is 2. The maximum absolute atomic E-state index is 12.9. The highest BCUT2D eigenvalue weighted by Crippen LogP contribution is 2.31. The van der Waals surface area contributed by atoms with Crippen LogP contribution in [-0.2, 0) is 9.59 Å². The molecule has 1 atom stereocenters. The fourth-order valence-corrected chi connectivity index (χ4v) is 2.66. The van der Waals surface area contributed by atoms with Crippen LogP contribution in [0, 0.1) is 5.92 Å². The third kappa shape index (κ3) is 3.50. The van der Waals surface area contributed by atoms with E-state index >= 15 is 0 Å². The highest BCUT2D eigenvalue weighted by molar-refractivity contribution is 6.33. The number of ether oxygens (including phenoxy) is 2. The van der Waals surface area contributed by atoms with E-state index in [1.54, 1.807) is 48.5 Å². The Labute approximate surface area is 155 Å². The van der Waals surface area contributed by atoms with E-state index in [-0.39, 0.29) is 5.69 Å². The molecule has 1 heterocycles. The van der Waals surface area contributed by atoms with Gasteiger partial charge >= 0.3 is 6.03 Å². The molecule has 1 N–H and O–H groups in total. The Morgan fingerprint density at radius 2 is 1.59 bits per heavy atom. The molecule has 2 aromatic rings. The van der Waals surface area contributed by atoms with E-state index in [9.17, 15) is 14.4 Å². The Hall–Kier alpha value is -3.68. The van der Waals surface area contributed by atoms with Crippen LogP contribution in [0.4, 0.5) is 16.2 Å². The second-order valence-corrected chi connectivity index (χ2v) is 5.57. The summed E-state index contributed by atoms with van der Waals surface area (Å²) in [5.41, 5.74) is 0.701. The molecule has 0 saturated carbocycles. The van der Waals surface area contributed by atoms with E-state index in [0.29, 0.717) is 17.2 Å². The van der Waals surface area contributed by atoms with Crippen LogP contribution in [0.1, 0.15) is 0 Å². The molecule has 8 nitrogen and oxygen atoms in total. The summed E-state index contributed by atoms with van der Waals surface area (Å²) in [6, 6.07) is 12.6. The van der Waals surface area contributed by atoms with E-state index < -0.39 is 23.8 Å². The average molecular weight is 367 g/mol. The zero-order valence-corrected chi connectivity index (χ0v) is 14.7. The van der Waals surface area contributed by atoms with Gasteiger partial charge in [-0.3, -0.25) is 19.9 Å². The smallest absolute Gasteiger partial charge is 0.335 e. The standard InChI is InChI=1S/C19H17N3O5/c1-26-15-9-5-3-7-13(15)20-11-12-17(23)21-19(25)22(18(12)24)14-8-4-6-10-16(14)27-2/h3-12H,1-2H3,(H,21,23,25)/t12-/m1/s1. The first-order chi connectivity index (χ1) is 13.1. The Bertz CT molecular complexity index is 925. The number of amides is 4. The first-order valence-corrected chi connectivity index (χ1v) is 8.06. The quantitative estimate of drug-likeness (QED) is 0.646. The molecule has 3 rings (SSSR count). The van der Waals surface area contributed by atoms with E-state index in [1.165, 1.54) is 20.4 Å². The summed E-state index contributed by atoms with van der Waals surface area (Å²) in [5.74, 6) is -1.90. The minimum atomic E-state index is -1.27. The second kappa shape index (κ2) is 7.69. The van der Waals surface area contributed by atoms with Crippen LogP contribution in [0.2, 0.25) is 0 Å². The summed E-state index contributed by atoms with van der Waals surface area (Å²) in [5, 5.41) is 2.17. The number of carbonyl (C=O) groups is 3. The topological polar surface area (TPSA) is 97.3 Å². The number of anilines is 1. The van der Waals surface area contributed by atoms with Gasteiger partial charge in [0.15, 0.2) is 5.92 Å². The van der Waals surface area contributed by atoms with Crippen molar-refractivity contribution in [2.24, 2.45) is 10.9 Å². The Morgan fingerprint density at radius 3 is 2.30 bits per heavy atom. The lowest BCUT2D eigenvalue weighted by molar-refractivity contribution is -0.131. The monoisotopic (exact) mass is 367 g/mol. The van der Waals surface area contributed by atoms with Crippen molar-refractivity contribution in [3.8, 4) is 11.5 Å². The molecule has 2 aromatic carbocycles. The minimum Gasteiger partial charge on any atom is -0.495 e. The Morgan fingerprint density at radius 1 is 0.963 bits per heavy atom. The molecule has 1 aliphatic heterocycles. The minimum absolute atomic E-state index is 0.241. The molecule has 0 aliphatic carbocycles. The first-order valence-electron chi connectivity index (χ1n) is 8.06. The lowest BCUT2D eigenvalue weighted by Gasteiger charge is -2.29. The second-order valence-electron chi connectivity index (χ2n) is 5.57. The predicted molar refractivity (Wildman–Crippen MR) is 98.7 cm³/mol. The van der Waals surface area contributed by atoms with Crippen molar-refractivity contribution in [3.63, 3.8) is 0 Å². The van der Waals surface area contributed by atoms with Gasteiger partial charge in [-0.2, -0.15) is 0 Å². The number of barbiturate groups is 1. The molecule has 0 aromatic heterocycles. The van der Waals surface area contributed by atoms with Crippen molar-refractivity contribution in [2.45, 2.75) is 0 Å². The number of imide groups is 2. The fourth-order valence-electron chi connectivity index (χ4n) is 2.66. The van der Waals surface area contributed by atoms with Crippen molar-refractivity contribution in [2.75, 3.05) is 19.1 Å². The maximum atomic E-state index is 12.9. The number of urea groups is 1. The molecular weight excluding hydrogens is 350 g/mol. The number of aliphatic imine (C=N–C) groups is 1. The molecule has 1 aliphatic rings. The molecule has 1 saturated heterocycles. The van der Waals surface area contributed by atoms with Crippen LogP contribution in [0.25, 0.3) is 0 Å². The Balaban J connectivity index is 1.94. The molecule has 0 unspecified atom stereocenters. The number of hydrogen-bond donors (Lipinski definition) is 1. The normalized spacial score (nSPS) is 17.2. The molecule has 0 bridgehead atoms. The van der Waals surface area contributed by atoms with E-state index in [1.807, 2.05) is 0 Å². The third-order valence-electron chi connectivity index (χ3n) is 3.98. The zero-order valence-electron chi connectivity index (χ0n) is 14.7. The number of nitrogens with one attached hydrogen (secondary N) is 1. The van der Waals surface area contributed by atoms with Crippen LogP contribution in [0.3, 0.4) is 0 Å². The first kappa shape index (κ1) is 18.1. The van der Waals surface area contributed by atoms with Gasteiger partial charge in [-0.1, -0.05) is 24.3 Å². The Kier molecular flexibility index (Phi) is 5.16. The van der Waals surface area contributed by atoms with Crippen LogP contribution in [0.15, 0.2) is 53.5 Å². The van der Waals surface area contributed by atoms with E-state index in [4.69, 9.17) is 9.47 Å². The van der Waals surface area contributed by atoms with Gasteiger partial charge in [0.05, 0.1) is 19.9 Å². The predicted octanol–water partition coefficient (Wildman–Crippen LogP) is 2.31. The number of methoxy groups -OCH3 is 2. The number of para-hydroxylation sites is 4. The molecule has 138 valence electrons. The lowest BCUT2D eigenvalue weighted by atomic mass is 10.1. The van der Waals surface area contributed by atoms with E-state index in [0.717, 1.165) is 4.90 Å². The van der Waals surface area contributed by atoms with Crippen LogP contribution in [0.5, 0.6) is 11.5 Å². The average Bonchev–Trinajstić information content (AvgIpc) is 2.68. The van der Waals surface area contributed by atoms with Gasteiger partial charge < -0.3 is 9.47 Å². The molecule has 8 heteroatoms. The molecule has 0 spiro atoms. The highest BCUT2D eigenvalue weighted by atomic mass is 16.5. The fraction of sp³-hybridized carbons (Fsp3) is 0.158. The summed E-state index contributed by atoms with van der Waals surface area (Å²) in [6.07, 6.45) is 1.20. The molecular formula is C19H17N3O5. The third-order valence-corrected chi connectivity index (χ3v) is 3.98. The SMILES string of the molecule is COc1ccccc1N=C[C@@H]1C(=O)NC(=O)N(c2ccccc2OC)C1=O. The van der Waals surface area contributed by atoms with E-state index in [2.05, 4.69) is 10.3 Å². The summed E-state index contributed by atoms with van der Waals surface area (Å²) in [6.45, 7) is 0. The van der Waals surface area contributed by atoms with Crippen molar-refractivity contribution < 1.29 is 23.9 Å². The number of nitrogens with zero attached hydrogens (tertiary/aromatic N) is 2. The van der Waals surface area contributed by atoms with Gasteiger partial charge in [0.1, 0.15) is 17.2 Å². The zero-order chi connectivity index (χ0) is 19.4. The number of hydrogen-bond acceptors (Lipinski definition) is 6. The van der Waals surface area contributed by atoms with Crippen molar-refractivity contribution in [1.29, 1.82) is 0 Å².